The number of hydrogen-bond donors (Lipinski definition) is 0. The highest BCUT2D eigenvalue weighted by molar-refractivity contribution is 5.78. The van der Waals surface area contributed by atoms with Gasteiger partial charge in [0, 0.05) is 44.6 Å². The Balaban J connectivity index is 1.43. The second-order valence-electron chi connectivity index (χ2n) is 8.28. The van der Waals surface area contributed by atoms with Crippen molar-refractivity contribution in [1.82, 2.24) is 9.80 Å². The van der Waals surface area contributed by atoms with Crippen molar-refractivity contribution in [3.05, 3.63) is 71.3 Å². The summed E-state index contributed by atoms with van der Waals surface area (Å²) in [7, 11) is 0. The second kappa shape index (κ2) is 9.55. The van der Waals surface area contributed by atoms with Gasteiger partial charge in [-0.15, -0.1) is 0 Å². The Morgan fingerprint density at radius 3 is 2.31 bits per heavy atom. The molecule has 2 aromatic carbocycles. The highest BCUT2D eigenvalue weighted by Gasteiger charge is 2.29. The van der Waals surface area contributed by atoms with Crippen LogP contribution in [0.2, 0.25) is 0 Å². The van der Waals surface area contributed by atoms with Gasteiger partial charge in [-0.3, -0.25) is 9.69 Å². The Morgan fingerprint density at radius 2 is 1.62 bits per heavy atom. The highest BCUT2D eigenvalue weighted by atomic mass is 16.5. The number of carbonyl (C=O) groups excluding carboxylic acids is 1. The zero-order chi connectivity index (χ0) is 20.1. The zero-order valence-corrected chi connectivity index (χ0v) is 17.4. The fourth-order valence-electron chi connectivity index (χ4n) is 4.80. The highest BCUT2D eigenvalue weighted by Crippen LogP contribution is 2.31. The lowest BCUT2D eigenvalue weighted by Gasteiger charge is -2.40. The SMILES string of the molecule is Cc1ccccc1C(CC(=O)N1CCC(N2CCOCC2)CC1)c1ccccc1. The molecule has 2 aromatic rings. The minimum Gasteiger partial charge on any atom is -0.379 e. The van der Waals surface area contributed by atoms with Crippen LogP contribution in [0.5, 0.6) is 0 Å². The third kappa shape index (κ3) is 4.88. The summed E-state index contributed by atoms with van der Waals surface area (Å²) in [6.45, 7) is 7.63. The van der Waals surface area contributed by atoms with Gasteiger partial charge in [0.2, 0.25) is 5.91 Å². The first kappa shape index (κ1) is 20.1. The van der Waals surface area contributed by atoms with E-state index in [0.29, 0.717) is 12.5 Å². The number of likely N-dealkylation sites (tertiary alicyclic amines) is 1. The topological polar surface area (TPSA) is 32.8 Å². The number of amides is 1. The Bertz CT molecular complexity index is 793. The van der Waals surface area contributed by atoms with Gasteiger partial charge in [-0.05, 0) is 36.5 Å². The molecule has 2 fully saturated rings. The smallest absolute Gasteiger partial charge is 0.223 e. The fraction of sp³-hybridized carbons (Fsp3) is 0.480. The molecule has 4 rings (SSSR count). The van der Waals surface area contributed by atoms with Crippen LogP contribution >= 0.6 is 0 Å². The van der Waals surface area contributed by atoms with Crippen molar-refractivity contribution in [1.29, 1.82) is 0 Å². The van der Waals surface area contributed by atoms with Gasteiger partial charge in [-0.1, -0.05) is 54.6 Å². The molecule has 4 heteroatoms. The van der Waals surface area contributed by atoms with E-state index >= 15 is 0 Å². The van der Waals surface area contributed by atoms with E-state index in [0.717, 1.165) is 52.2 Å². The summed E-state index contributed by atoms with van der Waals surface area (Å²) in [5.41, 5.74) is 3.73. The molecule has 0 aromatic heterocycles. The van der Waals surface area contributed by atoms with Gasteiger partial charge >= 0.3 is 0 Å². The molecule has 0 aliphatic carbocycles. The monoisotopic (exact) mass is 392 g/mol. The molecule has 154 valence electrons. The van der Waals surface area contributed by atoms with E-state index in [2.05, 4.69) is 65.3 Å². The fourth-order valence-corrected chi connectivity index (χ4v) is 4.80. The van der Waals surface area contributed by atoms with Crippen LogP contribution in [0.1, 0.15) is 41.9 Å². The van der Waals surface area contributed by atoms with Crippen LogP contribution in [0.25, 0.3) is 0 Å². The van der Waals surface area contributed by atoms with Crippen LogP contribution < -0.4 is 0 Å². The average molecular weight is 393 g/mol. The van der Waals surface area contributed by atoms with E-state index in [1.807, 2.05) is 6.07 Å². The molecule has 0 spiro atoms. The van der Waals surface area contributed by atoms with Crippen LogP contribution in [-0.2, 0) is 9.53 Å². The number of benzene rings is 2. The Morgan fingerprint density at radius 1 is 0.966 bits per heavy atom. The van der Waals surface area contributed by atoms with E-state index in [4.69, 9.17) is 4.74 Å². The number of aryl methyl sites for hydroxylation is 1. The number of rotatable bonds is 5. The number of nitrogens with zero attached hydrogens (tertiary/aromatic N) is 2. The maximum absolute atomic E-state index is 13.2. The molecule has 0 bridgehead atoms. The van der Waals surface area contributed by atoms with Gasteiger partial charge in [-0.2, -0.15) is 0 Å². The molecular weight excluding hydrogens is 360 g/mol. The third-order valence-corrected chi connectivity index (χ3v) is 6.52. The van der Waals surface area contributed by atoms with Crippen molar-refractivity contribution >= 4 is 5.91 Å². The van der Waals surface area contributed by atoms with Crippen molar-refractivity contribution in [2.75, 3.05) is 39.4 Å². The molecule has 0 radical (unpaired) electrons. The van der Waals surface area contributed by atoms with E-state index in [9.17, 15) is 4.79 Å². The molecule has 1 unspecified atom stereocenters. The lowest BCUT2D eigenvalue weighted by atomic mass is 9.85. The van der Waals surface area contributed by atoms with E-state index in [-0.39, 0.29) is 11.8 Å². The molecule has 1 atom stereocenters. The molecule has 2 aliphatic rings. The van der Waals surface area contributed by atoms with Crippen LogP contribution in [0.4, 0.5) is 0 Å². The number of hydrogen-bond acceptors (Lipinski definition) is 3. The van der Waals surface area contributed by atoms with Crippen molar-refractivity contribution in [3.8, 4) is 0 Å². The normalized spacial score (nSPS) is 19.8. The maximum Gasteiger partial charge on any atom is 0.223 e. The predicted molar refractivity (Wildman–Crippen MR) is 116 cm³/mol. The van der Waals surface area contributed by atoms with Crippen LogP contribution in [-0.4, -0.2) is 61.1 Å². The van der Waals surface area contributed by atoms with Crippen molar-refractivity contribution in [2.24, 2.45) is 0 Å². The molecule has 0 saturated carbocycles. The van der Waals surface area contributed by atoms with E-state index in [1.165, 1.54) is 16.7 Å². The summed E-state index contributed by atoms with van der Waals surface area (Å²) in [4.78, 5) is 17.9. The molecule has 2 heterocycles. The molecule has 2 aliphatic heterocycles. The van der Waals surface area contributed by atoms with E-state index in [1.54, 1.807) is 0 Å². The molecular formula is C25H32N2O2. The number of morpholine rings is 1. The summed E-state index contributed by atoms with van der Waals surface area (Å²) in [6.07, 6.45) is 2.69. The molecule has 0 N–H and O–H groups in total. The van der Waals surface area contributed by atoms with Crippen LogP contribution in [0.15, 0.2) is 54.6 Å². The average Bonchev–Trinajstić information content (AvgIpc) is 2.79. The van der Waals surface area contributed by atoms with Crippen LogP contribution in [0.3, 0.4) is 0 Å². The quantitative estimate of drug-likeness (QED) is 0.775. The number of carbonyl (C=O) groups is 1. The Hall–Kier alpha value is -2.17. The number of piperidine rings is 1. The van der Waals surface area contributed by atoms with Gasteiger partial charge in [0.25, 0.3) is 0 Å². The maximum atomic E-state index is 13.2. The summed E-state index contributed by atoms with van der Waals surface area (Å²) in [5, 5.41) is 0. The van der Waals surface area contributed by atoms with Gasteiger partial charge in [0.05, 0.1) is 13.2 Å². The third-order valence-electron chi connectivity index (χ3n) is 6.52. The standard InChI is InChI=1S/C25H32N2O2/c1-20-7-5-6-10-23(20)24(21-8-3-2-4-9-21)19-25(28)27-13-11-22(12-14-27)26-15-17-29-18-16-26/h2-10,22,24H,11-19H2,1H3. The summed E-state index contributed by atoms with van der Waals surface area (Å²) >= 11 is 0. The number of ether oxygens (including phenoxy) is 1. The molecule has 2 saturated heterocycles. The van der Waals surface area contributed by atoms with Gasteiger partial charge in [0.1, 0.15) is 0 Å². The summed E-state index contributed by atoms with van der Waals surface area (Å²) in [6, 6.07) is 19.5. The first-order valence-electron chi connectivity index (χ1n) is 10.9. The van der Waals surface area contributed by atoms with Gasteiger partial charge in [-0.25, -0.2) is 0 Å². The first-order chi connectivity index (χ1) is 14.2. The largest absolute Gasteiger partial charge is 0.379 e. The first-order valence-corrected chi connectivity index (χ1v) is 10.9. The molecule has 29 heavy (non-hydrogen) atoms. The minimum atomic E-state index is 0.113. The van der Waals surface area contributed by atoms with Crippen LogP contribution in [0, 0.1) is 6.92 Å². The second-order valence-corrected chi connectivity index (χ2v) is 8.28. The Kier molecular flexibility index (Phi) is 6.63. The lowest BCUT2D eigenvalue weighted by molar-refractivity contribution is -0.133. The van der Waals surface area contributed by atoms with E-state index < -0.39 is 0 Å². The summed E-state index contributed by atoms with van der Waals surface area (Å²) < 4.78 is 5.48. The summed E-state index contributed by atoms with van der Waals surface area (Å²) in [5.74, 6) is 0.393. The molecule has 4 nitrogen and oxygen atoms in total. The molecule has 1 amide bonds. The van der Waals surface area contributed by atoms with Gasteiger partial charge in [0.15, 0.2) is 0 Å². The predicted octanol–water partition coefficient (Wildman–Crippen LogP) is 3.84. The minimum absolute atomic E-state index is 0.113. The van der Waals surface area contributed by atoms with Crippen molar-refractivity contribution in [3.63, 3.8) is 0 Å². The van der Waals surface area contributed by atoms with Crippen molar-refractivity contribution in [2.45, 2.75) is 38.1 Å². The lowest BCUT2D eigenvalue weighted by Crippen LogP contribution is -2.50. The Labute approximate surface area is 174 Å². The van der Waals surface area contributed by atoms with Crippen molar-refractivity contribution < 1.29 is 9.53 Å². The zero-order valence-electron chi connectivity index (χ0n) is 17.4. The van der Waals surface area contributed by atoms with Gasteiger partial charge < -0.3 is 9.64 Å².